The number of carboxylic acid groups (broad SMARTS) is 1. The molecule has 0 amide bonds. The second kappa shape index (κ2) is 16.7. The Morgan fingerprint density at radius 3 is 2.03 bits per heavy atom. The van der Waals surface area contributed by atoms with Crippen molar-refractivity contribution < 1.29 is 28.6 Å². The number of aromatic nitrogens is 4. The van der Waals surface area contributed by atoms with E-state index in [0.717, 1.165) is 33.2 Å². The van der Waals surface area contributed by atoms with Gasteiger partial charge in [-0.15, -0.1) is 15.0 Å². The number of furan rings is 1. The Balaban J connectivity index is 1.19. The van der Waals surface area contributed by atoms with Gasteiger partial charge in [0.2, 0.25) is 5.82 Å². The summed E-state index contributed by atoms with van der Waals surface area (Å²) in [5, 5.41) is 28.7. The molecule has 0 bridgehead atoms. The van der Waals surface area contributed by atoms with Crippen molar-refractivity contribution in [2.75, 3.05) is 6.61 Å². The van der Waals surface area contributed by atoms with E-state index in [9.17, 15) is 14.7 Å². The van der Waals surface area contributed by atoms with Gasteiger partial charge in [-0.3, -0.25) is 0 Å². The molecule has 5 aromatic carbocycles. The summed E-state index contributed by atoms with van der Waals surface area (Å²) < 4.78 is 17.9. The number of carbonyl (C=O) groups is 2. The van der Waals surface area contributed by atoms with E-state index in [1.807, 2.05) is 104 Å². The Morgan fingerprint density at radius 1 is 0.883 bits per heavy atom. The van der Waals surface area contributed by atoms with Crippen molar-refractivity contribution >= 4 is 50.6 Å². The number of nitrogens with zero attached hydrogens (tertiary/aromatic N) is 5. The van der Waals surface area contributed by atoms with Gasteiger partial charge in [0.25, 0.3) is 0 Å². The van der Waals surface area contributed by atoms with Crippen LogP contribution in [0.3, 0.4) is 0 Å². The zero-order valence-corrected chi connectivity index (χ0v) is 35.2. The summed E-state index contributed by atoms with van der Waals surface area (Å²) in [6.45, 7) is 5.44. The number of benzene rings is 5. The molecule has 3 heterocycles. The van der Waals surface area contributed by atoms with Crippen molar-refractivity contribution in [3.05, 3.63) is 171 Å². The van der Waals surface area contributed by atoms with Crippen LogP contribution in [-0.4, -0.2) is 60.7 Å². The average Bonchev–Trinajstić information content (AvgIpc) is 3.97. The molecule has 0 radical (unpaired) electrons. The maximum Gasteiger partial charge on any atom is 0.508 e. The molecule has 0 fully saturated rings. The van der Waals surface area contributed by atoms with Crippen molar-refractivity contribution in [1.82, 2.24) is 30.4 Å². The molecule has 2 unspecified atom stereocenters. The van der Waals surface area contributed by atoms with Gasteiger partial charge >= 0.3 is 12.1 Å². The molecule has 7 aromatic rings. The lowest BCUT2D eigenvalue weighted by Crippen LogP contribution is -2.60. The zero-order chi connectivity index (χ0) is 42.0. The van der Waals surface area contributed by atoms with E-state index in [-0.39, 0.29) is 24.0 Å². The summed E-state index contributed by atoms with van der Waals surface area (Å²) >= 11 is 10.4. The first kappa shape index (κ1) is 40.3. The van der Waals surface area contributed by atoms with E-state index >= 15 is 0 Å². The fourth-order valence-corrected chi connectivity index (χ4v) is 9.09. The number of hydrogen-bond acceptors (Lipinski definition) is 10. The number of tetrazole rings is 1. The smallest absolute Gasteiger partial charge is 0.476 e. The average molecular weight is 888 g/mol. The standard InChI is InChI=1S/C46H40BrClN6O6/c1-4-45(29(3)59-44(57)58-5-2)49-41(48)39(43(55)56)53(45)28-30-25-26-37-36(27-30)38(47)40(60-37)34-23-15-16-24-35(34)42-50-52-54(51-42)46(31-17-9-6-10-18-31,32-19-11-7-12-20-32)33-21-13-8-14-22-33/h6-27,29,49H,4-5,28H2,1-3H3,(H,55,56). The summed E-state index contributed by atoms with van der Waals surface area (Å²) in [6, 6.07) is 43.8. The number of carboxylic acids is 1. The van der Waals surface area contributed by atoms with Crippen molar-refractivity contribution in [1.29, 1.82) is 0 Å². The number of hydrogen-bond donors (Lipinski definition) is 2. The lowest BCUT2D eigenvalue weighted by molar-refractivity contribution is -0.136. The molecule has 0 saturated heterocycles. The number of aliphatic carboxylic acids is 1. The maximum atomic E-state index is 12.6. The van der Waals surface area contributed by atoms with Crippen molar-refractivity contribution in [3.63, 3.8) is 0 Å². The first-order valence-electron chi connectivity index (χ1n) is 19.4. The summed E-state index contributed by atoms with van der Waals surface area (Å²) in [7, 11) is 0. The molecule has 2 atom stereocenters. The van der Waals surface area contributed by atoms with Crippen LogP contribution in [0.5, 0.6) is 0 Å². The number of halogens is 2. The van der Waals surface area contributed by atoms with E-state index in [4.69, 9.17) is 40.9 Å². The molecule has 14 heteroatoms. The van der Waals surface area contributed by atoms with E-state index in [2.05, 4.69) is 57.6 Å². The topological polar surface area (TPSA) is 145 Å². The molecule has 0 aliphatic carbocycles. The number of nitrogens with one attached hydrogen (secondary N) is 1. The molecule has 2 aromatic heterocycles. The molecule has 12 nitrogen and oxygen atoms in total. The van der Waals surface area contributed by atoms with Gasteiger partial charge in [-0.05, 0) is 75.8 Å². The molecule has 1 aliphatic rings. The summed E-state index contributed by atoms with van der Waals surface area (Å²) in [4.78, 5) is 28.3. The molecule has 0 spiro atoms. The van der Waals surface area contributed by atoms with Crippen LogP contribution in [-0.2, 0) is 26.4 Å². The van der Waals surface area contributed by atoms with Gasteiger partial charge in [-0.2, -0.15) is 0 Å². The monoisotopic (exact) mass is 886 g/mol. The first-order valence-corrected chi connectivity index (χ1v) is 20.6. The van der Waals surface area contributed by atoms with Crippen LogP contribution in [0.2, 0.25) is 0 Å². The third-order valence-corrected chi connectivity index (χ3v) is 12.0. The lowest BCUT2D eigenvalue weighted by atomic mass is 9.77. The molecular weight excluding hydrogens is 848 g/mol. The molecule has 2 N–H and O–H groups in total. The Kier molecular flexibility index (Phi) is 11.2. The molecule has 1 aliphatic heterocycles. The van der Waals surface area contributed by atoms with E-state index < -0.39 is 29.4 Å². The number of carbonyl (C=O) groups excluding carboxylic acids is 1. The number of fused-ring (bicyclic) bond motifs is 1. The van der Waals surface area contributed by atoms with E-state index in [0.29, 0.717) is 33.6 Å². The quantitative estimate of drug-likeness (QED) is 0.0649. The van der Waals surface area contributed by atoms with Crippen LogP contribution in [0.1, 0.15) is 49.4 Å². The largest absolute Gasteiger partial charge is 0.508 e. The van der Waals surface area contributed by atoms with Gasteiger partial charge in [0.15, 0.2) is 11.2 Å². The van der Waals surface area contributed by atoms with Crippen LogP contribution in [0.25, 0.3) is 33.7 Å². The second-order valence-electron chi connectivity index (χ2n) is 14.2. The highest BCUT2D eigenvalue weighted by molar-refractivity contribution is 9.10. The van der Waals surface area contributed by atoms with E-state index in [1.54, 1.807) is 23.5 Å². The Hall–Kier alpha value is -6.44. The van der Waals surface area contributed by atoms with Crippen LogP contribution < -0.4 is 5.32 Å². The highest BCUT2D eigenvalue weighted by Crippen LogP contribution is 2.44. The SMILES string of the molecule is CCOC(=O)OC(C)C1(CC)NC(Cl)=C(C(=O)O)N1Cc1ccc2oc(-c3ccccc3-c3nnn(C(c4ccccc4)(c4ccccc4)c4ccccc4)n3)c(Br)c2c1. The van der Waals surface area contributed by atoms with Crippen LogP contribution in [0, 0.1) is 0 Å². The van der Waals surface area contributed by atoms with Crippen LogP contribution in [0.4, 0.5) is 4.79 Å². The number of rotatable bonds is 13. The number of ether oxygens (including phenoxy) is 2. The van der Waals surface area contributed by atoms with Gasteiger partial charge in [0, 0.05) is 23.1 Å². The van der Waals surface area contributed by atoms with Crippen molar-refractivity contribution in [2.45, 2.75) is 51.0 Å². The Labute approximate surface area is 359 Å². The minimum atomic E-state index is -1.23. The van der Waals surface area contributed by atoms with Crippen LogP contribution >= 0.6 is 27.5 Å². The fraction of sp³-hybridized carbons (Fsp3) is 0.196. The van der Waals surface area contributed by atoms with Crippen molar-refractivity contribution in [3.8, 4) is 22.7 Å². The predicted octanol–water partition coefficient (Wildman–Crippen LogP) is 9.92. The normalized spacial score (nSPS) is 15.8. The maximum absolute atomic E-state index is 12.6. The van der Waals surface area contributed by atoms with Gasteiger partial charge in [-0.1, -0.05) is 140 Å². The summed E-state index contributed by atoms with van der Waals surface area (Å²) in [5.41, 5.74) is 3.38. The first-order chi connectivity index (χ1) is 29.1. The predicted molar refractivity (Wildman–Crippen MR) is 231 cm³/mol. The van der Waals surface area contributed by atoms with Gasteiger partial charge in [-0.25, -0.2) is 9.59 Å². The third-order valence-electron chi connectivity index (χ3n) is 11.0. The summed E-state index contributed by atoms with van der Waals surface area (Å²) in [6.07, 6.45) is -1.39. The molecule has 304 valence electrons. The lowest BCUT2D eigenvalue weighted by Gasteiger charge is -2.43. The molecule has 0 saturated carbocycles. The highest BCUT2D eigenvalue weighted by Gasteiger charge is 2.51. The zero-order valence-electron chi connectivity index (χ0n) is 32.9. The van der Waals surface area contributed by atoms with Crippen LogP contribution in [0.15, 0.2) is 153 Å². The minimum Gasteiger partial charge on any atom is -0.476 e. The Bertz CT molecular complexity index is 2610. The Morgan fingerprint density at radius 2 is 1.47 bits per heavy atom. The van der Waals surface area contributed by atoms with Gasteiger partial charge in [0.1, 0.15) is 28.3 Å². The highest BCUT2D eigenvalue weighted by atomic mass is 79.9. The third kappa shape index (κ3) is 6.97. The molecule has 60 heavy (non-hydrogen) atoms. The van der Waals surface area contributed by atoms with Crippen molar-refractivity contribution in [2.24, 2.45) is 0 Å². The van der Waals surface area contributed by atoms with Gasteiger partial charge in [0.05, 0.1) is 11.1 Å². The fourth-order valence-electron chi connectivity index (χ4n) is 8.14. The van der Waals surface area contributed by atoms with E-state index in [1.165, 1.54) is 0 Å². The summed E-state index contributed by atoms with van der Waals surface area (Å²) in [5.74, 6) is -0.284. The van der Waals surface area contributed by atoms with Gasteiger partial charge < -0.3 is 29.2 Å². The molecule has 8 rings (SSSR count). The minimum absolute atomic E-state index is 0.0628. The second-order valence-corrected chi connectivity index (χ2v) is 15.4. The molecular formula is C46H40BrClN6O6.